The van der Waals surface area contributed by atoms with E-state index in [0.29, 0.717) is 5.04 Å². The van der Waals surface area contributed by atoms with E-state index >= 15 is 0 Å². The number of rotatable bonds is 3. The van der Waals surface area contributed by atoms with Gasteiger partial charge in [0.1, 0.15) is 0 Å². The lowest BCUT2D eigenvalue weighted by Crippen LogP contribution is -2.36. The van der Waals surface area contributed by atoms with Gasteiger partial charge in [-0.3, -0.25) is 0 Å². The lowest BCUT2D eigenvalue weighted by molar-refractivity contribution is 0.625. The normalized spacial score (nSPS) is 13.3. The summed E-state index contributed by atoms with van der Waals surface area (Å²) in [6.07, 6.45) is 1.26. The Hall–Kier alpha value is -0.0431. The first-order chi connectivity index (χ1) is 4.37. The van der Waals surface area contributed by atoms with Crippen molar-refractivity contribution in [3.63, 3.8) is 0 Å². The zero-order valence-electron chi connectivity index (χ0n) is 7.99. The van der Waals surface area contributed by atoms with Crippen LogP contribution in [0.1, 0.15) is 27.2 Å². The minimum Gasteiger partial charge on any atom is -0.107 e. The third-order valence-electron chi connectivity index (χ3n) is 3.14. The SMILES string of the molecule is C=C[Si](C)(C)C(C)(C)CC. The van der Waals surface area contributed by atoms with Crippen molar-refractivity contribution >= 4 is 8.07 Å². The molecule has 0 unspecified atom stereocenters. The van der Waals surface area contributed by atoms with E-state index in [1.807, 2.05) is 0 Å². The van der Waals surface area contributed by atoms with Crippen LogP contribution in [-0.4, -0.2) is 8.07 Å². The van der Waals surface area contributed by atoms with Crippen LogP contribution in [0, 0.1) is 0 Å². The molecule has 0 atom stereocenters. The Morgan fingerprint density at radius 3 is 1.90 bits per heavy atom. The van der Waals surface area contributed by atoms with Crippen LogP contribution in [-0.2, 0) is 0 Å². The highest BCUT2D eigenvalue weighted by Gasteiger charge is 2.34. The summed E-state index contributed by atoms with van der Waals surface area (Å²) in [6.45, 7) is 15.6. The van der Waals surface area contributed by atoms with Crippen LogP contribution in [0.3, 0.4) is 0 Å². The van der Waals surface area contributed by atoms with Crippen LogP contribution in [0.5, 0.6) is 0 Å². The van der Waals surface area contributed by atoms with Gasteiger partial charge in [-0.05, 0) is 5.04 Å². The molecular weight excluding hydrogens is 136 g/mol. The van der Waals surface area contributed by atoms with Gasteiger partial charge < -0.3 is 0 Å². The summed E-state index contributed by atoms with van der Waals surface area (Å²) in [5.74, 6) is 0. The summed E-state index contributed by atoms with van der Waals surface area (Å²) in [7, 11) is -1.14. The van der Waals surface area contributed by atoms with Crippen LogP contribution in [0.25, 0.3) is 0 Å². The van der Waals surface area contributed by atoms with Crippen molar-refractivity contribution in [2.45, 2.75) is 45.3 Å². The highest BCUT2D eigenvalue weighted by atomic mass is 28.3. The third-order valence-corrected chi connectivity index (χ3v) is 8.00. The fraction of sp³-hybridized carbons (Fsp3) is 0.778. The van der Waals surface area contributed by atoms with Crippen LogP contribution in [0.15, 0.2) is 12.3 Å². The van der Waals surface area contributed by atoms with Gasteiger partial charge in [0, 0.05) is 0 Å². The van der Waals surface area contributed by atoms with Crippen LogP contribution in [0.4, 0.5) is 0 Å². The Morgan fingerprint density at radius 1 is 1.40 bits per heavy atom. The Bertz CT molecular complexity index is 123. The van der Waals surface area contributed by atoms with Gasteiger partial charge in [0.25, 0.3) is 0 Å². The quantitative estimate of drug-likeness (QED) is 0.548. The van der Waals surface area contributed by atoms with Crippen molar-refractivity contribution in [3.05, 3.63) is 12.3 Å². The molecule has 0 saturated heterocycles. The van der Waals surface area contributed by atoms with E-state index in [4.69, 9.17) is 0 Å². The molecule has 0 fully saturated rings. The smallest absolute Gasteiger partial charge is 0.0765 e. The van der Waals surface area contributed by atoms with Crippen molar-refractivity contribution in [2.24, 2.45) is 0 Å². The summed E-state index contributed by atoms with van der Waals surface area (Å²) in [5.41, 5.74) is 2.19. The highest BCUT2D eigenvalue weighted by Crippen LogP contribution is 2.40. The van der Waals surface area contributed by atoms with Crippen molar-refractivity contribution in [3.8, 4) is 0 Å². The van der Waals surface area contributed by atoms with E-state index < -0.39 is 8.07 Å². The standard InChI is InChI=1S/C9H20Si/c1-7-9(3,4)10(5,6)8-2/h8H,2,7H2,1,3-6H3. The van der Waals surface area contributed by atoms with Gasteiger partial charge in [-0.25, -0.2) is 0 Å². The molecule has 0 heterocycles. The first-order valence-electron chi connectivity index (χ1n) is 4.01. The van der Waals surface area contributed by atoms with E-state index in [1.165, 1.54) is 6.42 Å². The largest absolute Gasteiger partial charge is 0.107 e. The van der Waals surface area contributed by atoms with Crippen LogP contribution in [0.2, 0.25) is 18.1 Å². The predicted octanol–water partition coefficient (Wildman–Crippen LogP) is 3.61. The number of hydrogen-bond acceptors (Lipinski definition) is 0. The van der Waals surface area contributed by atoms with Gasteiger partial charge in [0.2, 0.25) is 0 Å². The van der Waals surface area contributed by atoms with Gasteiger partial charge in [-0.1, -0.05) is 40.3 Å². The summed E-state index contributed by atoms with van der Waals surface area (Å²) < 4.78 is 0. The molecule has 0 bridgehead atoms. The summed E-state index contributed by atoms with van der Waals surface area (Å²) in [5, 5.41) is 0.509. The first kappa shape index (κ1) is 9.96. The molecule has 0 aliphatic carbocycles. The lowest BCUT2D eigenvalue weighted by Gasteiger charge is -2.36. The van der Waals surface area contributed by atoms with Crippen molar-refractivity contribution < 1.29 is 0 Å². The summed E-state index contributed by atoms with van der Waals surface area (Å²) in [6, 6.07) is 0. The van der Waals surface area contributed by atoms with E-state index in [-0.39, 0.29) is 0 Å². The van der Waals surface area contributed by atoms with Gasteiger partial charge in [-0.15, -0.1) is 12.3 Å². The zero-order chi connectivity index (χ0) is 8.41. The molecule has 60 valence electrons. The fourth-order valence-electron chi connectivity index (χ4n) is 0.732. The highest BCUT2D eigenvalue weighted by molar-refractivity contribution is 6.84. The van der Waals surface area contributed by atoms with E-state index in [0.717, 1.165) is 0 Å². The molecule has 0 N–H and O–H groups in total. The molecule has 0 rings (SSSR count). The van der Waals surface area contributed by atoms with Gasteiger partial charge in [-0.2, -0.15) is 0 Å². The van der Waals surface area contributed by atoms with E-state index in [1.54, 1.807) is 0 Å². The average molecular weight is 156 g/mol. The molecule has 0 aromatic rings. The maximum atomic E-state index is 3.91. The minimum absolute atomic E-state index is 0.509. The third kappa shape index (κ3) is 1.72. The Balaban J connectivity index is 4.43. The lowest BCUT2D eigenvalue weighted by atomic mass is 10.1. The van der Waals surface area contributed by atoms with Crippen molar-refractivity contribution in [1.29, 1.82) is 0 Å². The van der Waals surface area contributed by atoms with Gasteiger partial charge in [0.15, 0.2) is 0 Å². The molecular formula is C9H20Si. The van der Waals surface area contributed by atoms with E-state index in [9.17, 15) is 0 Å². The molecule has 10 heavy (non-hydrogen) atoms. The Labute approximate surface area is 66.4 Å². The summed E-state index contributed by atoms with van der Waals surface area (Å²) >= 11 is 0. The second-order valence-electron chi connectivity index (χ2n) is 4.16. The Morgan fingerprint density at radius 2 is 1.80 bits per heavy atom. The molecule has 0 aliphatic rings. The fourth-order valence-corrected chi connectivity index (χ4v) is 2.20. The molecule has 0 aromatic heterocycles. The van der Waals surface area contributed by atoms with Crippen LogP contribution >= 0.6 is 0 Å². The second kappa shape index (κ2) is 2.91. The average Bonchev–Trinajstić information content (AvgIpc) is 1.88. The zero-order valence-corrected chi connectivity index (χ0v) is 8.99. The maximum Gasteiger partial charge on any atom is 0.0765 e. The topological polar surface area (TPSA) is 0 Å². The molecule has 0 spiro atoms. The number of hydrogen-bond donors (Lipinski definition) is 0. The van der Waals surface area contributed by atoms with Crippen molar-refractivity contribution in [1.82, 2.24) is 0 Å². The molecule has 0 amide bonds. The molecule has 0 radical (unpaired) electrons. The molecule has 0 nitrogen and oxygen atoms in total. The van der Waals surface area contributed by atoms with Gasteiger partial charge in [0.05, 0.1) is 8.07 Å². The predicted molar refractivity (Wildman–Crippen MR) is 52.0 cm³/mol. The first-order valence-corrected chi connectivity index (χ1v) is 7.08. The Kier molecular flexibility index (Phi) is 2.90. The molecule has 0 aliphatic heterocycles. The maximum absolute atomic E-state index is 3.91. The molecule has 0 saturated carbocycles. The molecule has 0 aromatic carbocycles. The molecule has 1 heteroatoms. The van der Waals surface area contributed by atoms with Crippen molar-refractivity contribution in [2.75, 3.05) is 0 Å². The van der Waals surface area contributed by atoms with E-state index in [2.05, 4.69) is 46.1 Å². The van der Waals surface area contributed by atoms with Gasteiger partial charge >= 0.3 is 0 Å². The van der Waals surface area contributed by atoms with Crippen LogP contribution < -0.4 is 0 Å². The minimum atomic E-state index is -1.14. The second-order valence-corrected chi connectivity index (χ2v) is 9.37. The summed E-state index contributed by atoms with van der Waals surface area (Å²) in [4.78, 5) is 0. The monoisotopic (exact) mass is 156 g/mol.